The minimum Gasteiger partial charge on any atom is -0.273 e. The third kappa shape index (κ3) is 3.46. The molecule has 0 saturated heterocycles. The molecular weight excluding hydrogens is 563 g/mol. The molecule has 0 rings (SSSR count). The van der Waals surface area contributed by atoms with E-state index in [4.69, 9.17) is 4.55 Å². The van der Waals surface area contributed by atoms with Crippen molar-refractivity contribution in [2.45, 2.75) is 47.0 Å². The summed E-state index contributed by atoms with van der Waals surface area (Å²) >= 11 is 0. The average Bonchev–Trinajstić information content (AvgIpc) is 2.51. The number of alkyl halides is 17. The third-order valence-electron chi connectivity index (χ3n) is 3.28. The molecule has 32 heavy (non-hydrogen) atoms. The maximum Gasteiger partial charge on any atom is 0.460 e. The normalized spacial score (nSPS) is 16.9. The largest absolute Gasteiger partial charge is 0.460 e. The third-order valence-corrected chi connectivity index (χ3v) is 7.02. The summed E-state index contributed by atoms with van der Waals surface area (Å²) in [4.78, 5) is 0. The van der Waals surface area contributed by atoms with E-state index in [9.17, 15) is 91.5 Å². The molecule has 0 atom stereocenters. The number of rotatable bonds is 8. The minimum absolute atomic E-state index is 7.70. The van der Waals surface area contributed by atoms with Crippen molar-refractivity contribution in [2.24, 2.45) is 0 Å². The summed E-state index contributed by atoms with van der Waals surface area (Å²) < 4.78 is 267. The molecule has 0 spiro atoms. The zero-order valence-electron chi connectivity index (χ0n) is 13.3. The first-order valence-corrected chi connectivity index (χ1v) is 9.62. The molecule has 0 aliphatic rings. The van der Waals surface area contributed by atoms with Crippen LogP contribution in [0.1, 0.15) is 0 Å². The molecule has 24 heteroatoms. The first-order chi connectivity index (χ1) is 13.2. The van der Waals surface area contributed by atoms with E-state index in [0.29, 0.717) is 0 Å². The van der Waals surface area contributed by atoms with Crippen LogP contribution in [0.25, 0.3) is 0 Å². The summed E-state index contributed by atoms with van der Waals surface area (Å²) in [6.07, 6.45) is -7.97. The lowest BCUT2D eigenvalue weighted by atomic mass is 9.91. The van der Waals surface area contributed by atoms with E-state index in [1.165, 1.54) is 0 Å². The second-order valence-electron chi connectivity index (χ2n) is 5.34. The van der Waals surface area contributed by atoms with E-state index in [0.717, 1.165) is 0 Å². The molecule has 0 radical (unpaired) electrons. The molecule has 0 amide bonds. The number of hydrogen-bond donors (Lipinski definition) is 1. The van der Waals surface area contributed by atoms with Crippen molar-refractivity contribution in [3.63, 3.8) is 0 Å². The van der Waals surface area contributed by atoms with E-state index >= 15 is 0 Å². The Morgan fingerprint density at radius 1 is 0.406 bits per heavy atom. The molecule has 0 bridgehead atoms. The fraction of sp³-hybridized carbons (Fsp3) is 1.00. The summed E-state index contributed by atoms with van der Waals surface area (Å²) in [5.74, 6) is -53.1. The van der Waals surface area contributed by atoms with Gasteiger partial charge in [0, 0.05) is 0 Å². The van der Waals surface area contributed by atoms with Gasteiger partial charge < -0.3 is 0 Å². The van der Waals surface area contributed by atoms with Crippen LogP contribution in [-0.4, -0.2) is 68.4 Å². The first kappa shape index (κ1) is 30.7. The summed E-state index contributed by atoms with van der Waals surface area (Å²) in [7, 11) is -16.2. The molecule has 0 fully saturated rings. The molecular formula is C8HF17O5S2. The van der Waals surface area contributed by atoms with Gasteiger partial charge >= 0.3 is 65.0 Å². The summed E-state index contributed by atoms with van der Waals surface area (Å²) in [5, 5.41) is -8.29. The topological polar surface area (TPSA) is 88.5 Å². The van der Waals surface area contributed by atoms with Crippen LogP contribution in [0.5, 0.6) is 0 Å². The van der Waals surface area contributed by atoms with Crippen molar-refractivity contribution < 1.29 is 96.0 Å². The molecule has 0 aromatic heterocycles. The van der Waals surface area contributed by atoms with Crippen LogP contribution in [0.3, 0.4) is 0 Å². The van der Waals surface area contributed by atoms with Crippen molar-refractivity contribution in [3.05, 3.63) is 0 Å². The maximum atomic E-state index is 13.2. The average molecular weight is 564 g/mol. The van der Waals surface area contributed by atoms with Gasteiger partial charge in [0.1, 0.15) is 0 Å². The maximum absolute atomic E-state index is 13.2. The van der Waals surface area contributed by atoms with Crippen LogP contribution in [0.15, 0.2) is 0 Å². The van der Waals surface area contributed by atoms with Crippen molar-refractivity contribution in [3.8, 4) is 0 Å². The molecule has 0 aromatic rings. The van der Waals surface area contributed by atoms with Crippen LogP contribution >= 0.6 is 0 Å². The van der Waals surface area contributed by atoms with Crippen LogP contribution < -0.4 is 0 Å². The van der Waals surface area contributed by atoms with Crippen LogP contribution in [0, 0.1) is 0 Å². The second-order valence-corrected chi connectivity index (χ2v) is 10.2. The molecule has 0 aliphatic heterocycles. The zero-order chi connectivity index (χ0) is 27.0. The Labute approximate surface area is 162 Å². The lowest BCUT2D eigenvalue weighted by Crippen LogP contribution is -2.75. The van der Waals surface area contributed by atoms with E-state index in [-0.39, 0.29) is 0 Å². The van der Waals surface area contributed by atoms with Gasteiger partial charge in [0.2, 0.25) is 0 Å². The Hall–Kier alpha value is -1.33. The van der Waals surface area contributed by atoms with Crippen LogP contribution in [0.4, 0.5) is 74.6 Å². The van der Waals surface area contributed by atoms with Crippen LogP contribution in [0.2, 0.25) is 0 Å². The van der Waals surface area contributed by atoms with E-state index in [2.05, 4.69) is 0 Å². The molecule has 0 aliphatic carbocycles. The predicted octanol–water partition coefficient (Wildman–Crippen LogP) is 4.17. The first-order valence-electron chi connectivity index (χ1n) is 6.18. The second kappa shape index (κ2) is 7.09. The Kier molecular flexibility index (Phi) is 6.79. The molecule has 0 aromatic carbocycles. The van der Waals surface area contributed by atoms with Gasteiger partial charge in [-0.2, -0.15) is 83.1 Å². The van der Waals surface area contributed by atoms with Gasteiger partial charge in [-0.05, 0) is 0 Å². The van der Waals surface area contributed by atoms with E-state index < -0.39 is 65.0 Å². The predicted molar refractivity (Wildman–Crippen MR) is 61.2 cm³/mol. The van der Waals surface area contributed by atoms with Gasteiger partial charge in [0.15, 0.2) is 0 Å². The van der Waals surface area contributed by atoms with E-state index in [1.807, 2.05) is 0 Å². The van der Waals surface area contributed by atoms with Gasteiger partial charge in [-0.1, -0.05) is 0 Å². The fourth-order valence-electron chi connectivity index (χ4n) is 1.44. The Balaban J connectivity index is 7.14. The van der Waals surface area contributed by atoms with E-state index in [1.54, 1.807) is 0 Å². The van der Waals surface area contributed by atoms with Crippen molar-refractivity contribution in [1.29, 1.82) is 0 Å². The van der Waals surface area contributed by atoms with Crippen molar-refractivity contribution in [1.82, 2.24) is 0 Å². The molecule has 5 nitrogen and oxygen atoms in total. The summed E-state index contributed by atoms with van der Waals surface area (Å²) in [6.45, 7) is 0. The Morgan fingerprint density at radius 3 is 0.844 bits per heavy atom. The van der Waals surface area contributed by atoms with Gasteiger partial charge in [-0.15, -0.1) is 0 Å². The lowest BCUT2D eigenvalue weighted by molar-refractivity contribution is -0.458. The van der Waals surface area contributed by atoms with Gasteiger partial charge in [-0.3, -0.25) is 4.55 Å². The van der Waals surface area contributed by atoms with Crippen molar-refractivity contribution >= 4 is 18.0 Å². The molecule has 0 saturated carbocycles. The standard InChI is InChI=1S/C8HF17O5S2/c9-1(10,3(13,14)5(17,18)7(21,22)23)2(11,12)4(15,16)6(19,20)8(24,25)31(26,27)32(28,29)30/h(H,28,29,30). The number of hydrogen-bond acceptors (Lipinski definition) is 4. The fourth-order valence-corrected chi connectivity index (χ4v) is 3.25. The quantitative estimate of drug-likeness (QED) is 0.272. The molecule has 0 unspecified atom stereocenters. The van der Waals surface area contributed by atoms with Crippen LogP contribution in [-0.2, 0) is 18.0 Å². The summed E-state index contributed by atoms with van der Waals surface area (Å²) in [5.41, 5.74) is 0. The molecule has 1 N–H and O–H groups in total. The van der Waals surface area contributed by atoms with Gasteiger partial charge in [0.05, 0.1) is 0 Å². The monoisotopic (exact) mass is 564 g/mol. The highest BCUT2D eigenvalue weighted by atomic mass is 33.2. The lowest BCUT2D eigenvalue weighted by Gasteiger charge is -2.42. The Morgan fingerprint density at radius 2 is 0.625 bits per heavy atom. The molecule has 194 valence electrons. The van der Waals surface area contributed by atoms with Gasteiger partial charge in [0.25, 0.3) is 0 Å². The highest BCUT2D eigenvalue weighted by molar-refractivity contribution is 8.65. The summed E-state index contributed by atoms with van der Waals surface area (Å²) in [6, 6.07) is 0. The van der Waals surface area contributed by atoms with Crippen molar-refractivity contribution in [2.75, 3.05) is 0 Å². The van der Waals surface area contributed by atoms with Gasteiger partial charge in [-0.25, -0.2) is 8.42 Å². The number of halogens is 17. The Bertz CT molecular complexity index is 944. The zero-order valence-corrected chi connectivity index (χ0v) is 15.0. The highest BCUT2D eigenvalue weighted by Crippen LogP contribution is 2.64. The smallest absolute Gasteiger partial charge is 0.273 e. The minimum atomic E-state index is -9.08. The molecule has 0 heterocycles. The SMILES string of the molecule is O=S(=O)(O)S(=O)(=O)C(F)(F)C(F)(F)C(F)(F)C(F)(F)C(F)(F)C(F)(F)C(F)(F)C(F)(F)F. The highest BCUT2D eigenvalue weighted by Gasteiger charge is 2.96.